The standard InChI is InChI=1S/C11H13N3.ClH/c1-8(12)10-7-13-11(14-10)9-5-3-2-4-6-9;/h2-8H,12H2,1H3,(H,13,14);1H. The lowest BCUT2D eigenvalue weighted by molar-refractivity contribution is 0.789. The highest BCUT2D eigenvalue weighted by Gasteiger charge is 2.05. The van der Waals surface area contributed by atoms with E-state index in [0.29, 0.717) is 0 Å². The molecular formula is C11H14ClN3. The van der Waals surface area contributed by atoms with E-state index in [2.05, 4.69) is 9.97 Å². The average Bonchev–Trinajstić information content (AvgIpc) is 2.68. The lowest BCUT2D eigenvalue weighted by Crippen LogP contribution is -2.04. The fourth-order valence-corrected chi connectivity index (χ4v) is 1.31. The summed E-state index contributed by atoms with van der Waals surface area (Å²) in [6.45, 7) is 1.92. The fourth-order valence-electron chi connectivity index (χ4n) is 1.31. The Morgan fingerprint density at radius 3 is 2.47 bits per heavy atom. The lowest BCUT2D eigenvalue weighted by atomic mass is 10.2. The molecule has 2 aromatic rings. The van der Waals surface area contributed by atoms with Gasteiger partial charge in [0.05, 0.1) is 5.69 Å². The molecule has 1 unspecified atom stereocenters. The van der Waals surface area contributed by atoms with Crippen molar-refractivity contribution >= 4 is 12.4 Å². The molecule has 0 radical (unpaired) electrons. The van der Waals surface area contributed by atoms with Gasteiger partial charge in [-0.2, -0.15) is 0 Å². The third-order valence-corrected chi connectivity index (χ3v) is 2.11. The van der Waals surface area contributed by atoms with E-state index in [0.717, 1.165) is 17.1 Å². The van der Waals surface area contributed by atoms with Crippen LogP contribution in [0.4, 0.5) is 0 Å². The molecule has 80 valence electrons. The molecule has 3 N–H and O–H groups in total. The molecule has 0 spiro atoms. The smallest absolute Gasteiger partial charge is 0.137 e. The third-order valence-electron chi connectivity index (χ3n) is 2.11. The SMILES string of the molecule is CC(N)c1c[nH]c(-c2ccccc2)n1.Cl. The average molecular weight is 224 g/mol. The Morgan fingerprint density at radius 2 is 1.93 bits per heavy atom. The maximum absolute atomic E-state index is 5.72. The van der Waals surface area contributed by atoms with Crippen LogP contribution in [-0.2, 0) is 0 Å². The molecule has 1 heterocycles. The zero-order valence-electron chi connectivity index (χ0n) is 8.47. The molecule has 0 aliphatic heterocycles. The maximum atomic E-state index is 5.72. The van der Waals surface area contributed by atoms with Gasteiger partial charge in [-0.3, -0.25) is 0 Å². The summed E-state index contributed by atoms with van der Waals surface area (Å²) in [7, 11) is 0. The number of aromatic amines is 1. The van der Waals surface area contributed by atoms with Gasteiger partial charge in [0.1, 0.15) is 5.82 Å². The zero-order chi connectivity index (χ0) is 9.97. The molecule has 0 bridgehead atoms. The van der Waals surface area contributed by atoms with Crippen LogP contribution in [0.5, 0.6) is 0 Å². The van der Waals surface area contributed by atoms with E-state index in [9.17, 15) is 0 Å². The van der Waals surface area contributed by atoms with E-state index in [1.807, 2.05) is 43.5 Å². The van der Waals surface area contributed by atoms with Crippen molar-refractivity contribution in [2.24, 2.45) is 5.73 Å². The molecular weight excluding hydrogens is 210 g/mol. The van der Waals surface area contributed by atoms with Crippen molar-refractivity contribution in [3.63, 3.8) is 0 Å². The first-order chi connectivity index (χ1) is 6.77. The molecule has 2 rings (SSSR count). The number of halogens is 1. The molecule has 15 heavy (non-hydrogen) atoms. The van der Waals surface area contributed by atoms with Gasteiger partial charge in [-0.15, -0.1) is 12.4 Å². The van der Waals surface area contributed by atoms with Crippen LogP contribution < -0.4 is 5.73 Å². The Labute approximate surface area is 95.1 Å². The molecule has 1 aromatic carbocycles. The number of benzene rings is 1. The number of nitrogens with one attached hydrogen (secondary N) is 1. The highest BCUT2D eigenvalue weighted by molar-refractivity contribution is 5.85. The van der Waals surface area contributed by atoms with Gasteiger partial charge in [-0.1, -0.05) is 30.3 Å². The summed E-state index contributed by atoms with van der Waals surface area (Å²) in [5, 5.41) is 0. The van der Waals surface area contributed by atoms with Crippen LogP contribution in [0.1, 0.15) is 18.7 Å². The second-order valence-corrected chi connectivity index (χ2v) is 3.33. The summed E-state index contributed by atoms with van der Waals surface area (Å²) >= 11 is 0. The van der Waals surface area contributed by atoms with E-state index in [1.165, 1.54) is 0 Å². The van der Waals surface area contributed by atoms with Crippen LogP contribution in [0, 0.1) is 0 Å². The Balaban J connectivity index is 0.00000112. The quantitative estimate of drug-likeness (QED) is 0.822. The Morgan fingerprint density at radius 1 is 1.27 bits per heavy atom. The summed E-state index contributed by atoms with van der Waals surface area (Å²) in [5.41, 5.74) is 7.70. The van der Waals surface area contributed by atoms with E-state index >= 15 is 0 Å². The molecule has 0 fully saturated rings. The topological polar surface area (TPSA) is 54.7 Å². The third kappa shape index (κ3) is 2.58. The first-order valence-electron chi connectivity index (χ1n) is 4.63. The minimum absolute atomic E-state index is 0. The molecule has 1 atom stereocenters. The highest BCUT2D eigenvalue weighted by atomic mass is 35.5. The van der Waals surface area contributed by atoms with Crippen LogP contribution in [0.15, 0.2) is 36.5 Å². The van der Waals surface area contributed by atoms with Gasteiger partial charge >= 0.3 is 0 Å². The van der Waals surface area contributed by atoms with Crippen LogP contribution in [-0.4, -0.2) is 9.97 Å². The van der Waals surface area contributed by atoms with Crippen molar-refractivity contribution in [1.29, 1.82) is 0 Å². The summed E-state index contributed by atoms with van der Waals surface area (Å²) < 4.78 is 0. The van der Waals surface area contributed by atoms with Crippen LogP contribution in [0.25, 0.3) is 11.4 Å². The lowest BCUT2D eigenvalue weighted by Gasteiger charge is -1.97. The second-order valence-electron chi connectivity index (χ2n) is 3.33. The number of nitrogens with two attached hydrogens (primary N) is 1. The van der Waals surface area contributed by atoms with E-state index < -0.39 is 0 Å². The Hall–Kier alpha value is -1.32. The van der Waals surface area contributed by atoms with Gasteiger partial charge in [-0.05, 0) is 6.92 Å². The molecule has 3 nitrogen and oxygen atoms in total. The predicted molar refractivity (Wildman–Crippen MR) is 63.9 cm³/mol. The van der Waals surface area contributed by atoms with Gasteiger partial charge in [0.25, 0.3) is 0 Å². The van der Waals surface area contributed by atoms with Gasteiger partial charge in [0.15, 0.2) is 0 Å². The van der Waals surface area contributed by atoms with Crippen molar-refractivity contribution < 1.29 is 0 Å². The number of nitrogens with zero attached hydrogens (tertiary/aromatic N) is 1. The highest BCUT2D eigenvalue weighted by Crippen LogP contribution is 2.16. The van der Waals surface area contributed by atoms with Crippen LogP contribution in [0.3, 0.4) is 0 Å². The number of hydrogen-bond acceptors (Lipinski definition) is 2. The van der Waals surface area contributed by atoms with Gasteiger partial charge in [0.2, 0.25) is 0 Å². The number of imidazole rings is 1. The van der Waals surface area contributed by atoms with Crippen molar-refractivity contribution in [3.05, 3.63) is 42.2 Å². The number of H-pyrrole nitrogens is 1. The van der Waals surface area contributed by atoms with E-state index in [-0.39, 0.29) is 18.4 Å². The van der Waals surface area contributed by atoms with Gasteiger partial charge < -0.3 is 10.7 Å². The number of hydrogen-bond donors (Lipinski definition) is 2. The normalized spacial score (nSPS) is 11.9. The Kier molecular flexibility index (Phi) is 3.88. The number of aromatic nitrogens is 2. The zero-order valence-corrected chi connectivity index (χ0v) is 9.29. The fraction of sp³-hybridized carbons (Fsp3) is 0.182. The minimum atomic E-state index is -0.0243. The molecule has 1 aromatic heterocycles. The minimum Gasteiger partial charge on any atom is -0.344 e. The molecule has 0 aliphatic rings. The Bertz CT molecular complexity index is 409. The largest absolute Gasteiger partial charge is 0.344 e. The summed E-state index contributed by atoms with van der Waals surface area (Å²) in [5.74, 6) is 0.873. The molecule has 0 amide bonds. The second kappa shape index (κ2) is 4.96. The van der Waals surface area contributed by atoms with Crippen molar-refractivity contribution in [1.82, 2.24) is 9.97 Å². The van der Waals surface area contributed by atoms with E-state index in [1.54, 1.807) is 0 Å². The number of rotatable bonds is 2. The van der Waals surface area contributed by atoms with Crippen molar-refractivity contribution in [2.75, 3.05) is 0 Å². The predicted octanol–water partition coefficient (Wildman–Crippen LogP) is 2.52. The van der Waals surface area contributed by atoms with Crippen LogP contribution in [0.2, 0.25) is 0 Å². The summed E-state index contributed by atoms with van der Waals surface area (Å²) in [6.07, 6.45) is 1.85. The molecule has 4 heteroatoms. The molecule has 0 saturated carbocycles. The van der Waals surface area contributed by atoms with Gasteiger partial charge in [-0.25, -0.2) is 4.98 Å². The first kappa shape index (κ1) is 11.8. The van der Waals surface area contributed by atoms with E-state index in [4.69, 9.17) is 5.73 Å². The summed E-state index contributed by atoms with van der Waals surface area (Å²) in [4.78, 5) is 7.51. The van der Waals surface area contributed by atoms with Crippen LogP contribution >= 0.6 is 12.4 Å². The monoisotopic (exact) mass is 223 g/mol. The summed E-state index contributed by atoms with van der Waals surface area (Å²) in [6, 6.07) is 9.97. The maximum Gasteiger partial charge on any atom is 0.137 e. The van der Waals surface area contributed by atoms with Gasteiger partial charge in [0, 0.05) is 17.8 Å². The van der Waals surface area contributed by atoms with Crippen molar-refractivity contribution in [2.45, 2.75) is 13.0 Å². The molecule has 0 aliphatic carbocycles. The van der Waals surface area contributed by atoms with Crippen molar-refractivity contribution in [3.8, 4) is 11.4 Å². The first-order valence-corrected chi connectivity index (χ1v) is 4.63. The molecule has 0 saturated heterocycles.